The van der Waals surface area contributed by atoms with E-state index in [2.05, 4.69) is 15.7 Å². The molecule has 3 heterocycles. The monoisotopic (exact) mass is 454 g/mol. The fourth-order valence-corrected chi connectivity index (χ4v) is 4.92. The van der Waals surface area contributed by atoms with Crippen molar-refractivity contribution in [3.63, 3.8) is 0 Å². The molecule has 0 bridgehead atoms. The topological polar surface area (TPSA) is 127 Å². The molecule has 0 saturated carbocycles. The molecule has 2 aromatic carbocycles. The van der Waals surface area contributed by atoms with Crippen molar-refractivity contribution in [3.05, 3.63) is 54.2 Å². The molecule has 1 saturated heterocycles. The van der Waals surface area contributed by atoms with Gasteiger partial charge in [0.1, 0.15) is 17.2 Å². The summed E-state index contributed by atoms with van der Waals surface area (Å²) in [4.78, 5) is 14.4. The highest BCUT2D eigenvalue weighted by molar-refractivity contribution is 8.08. The fraction of sp³-hybridized carbons (Fsp3) is 0.190. The number of aromatic nitrogens is 1. The Kier molecular flexibility index (Phi) is 4.72. The number of fused-ring (bicyclic) bond motifs is 2. The molecule has 0 spiro atoms. The summed E-state index contributed by atoms with van der Waals surface area (Å²) in [5.41, 5.74) is 4.05. The number of carbonyl (C=O) groups is 1. The molecule has 2 aliphatic rings. The molecule has 1 unspecified atom stereocenters. The maximum atomic E-state index is 13.3. The van der Waals surface area contributed by atoms with E-state index < -0.39 is 20.8 Å². The van der Waals surface area contributed by atoms with E-state index in [-0.39, 0.29) is 22.5 Å². The Bertz CT molecular complexity index is 1400. The van der Waals surface area contributed by atoms with Crippen molar-refractivity contribution >= 4 is 43.3 Å². The number of sulfone groups is 1. The third kappa shape index (κ3) is 3.13. The number of hydrogen-bond acceptors (Lipinski definition) is 9. The molecule has 2 aliphatic heterocycles. The summed E-state index contributed by atoms with van der Waals surface area (Å²) in [7, 11) is -2.71. The number of nitrogens with one attached hydrogen (secondary N) is 1. The third-order valence-corrected chi connectivity index (χ3v) is 6.83. The lowest BCUT2D eigenvalue weighted by atomic mass is 10.1. The molecular formula is C21H18N4O6S. The van der Waals surface area contributed by atoms with Crippen LogP contribution in [-0.2, 0) is 19.4 Å². The van der Waals surface area contributed by atoms with Crippen LogP contribution in [0.15, 0.2) is 63.2 Å². The number of amides is 1. The number of hydrazone groups is 1. The van der Waals surface area contributed by atoms with Gasteiger partial charge >= 0.3 is 0 Å². The van der Waals surface area contributed by atoms with E-state index in [1.54, 1.807) is 43.3 Å². The lowest BCUT2D eigenvalue weighted by Gasteiger charge is -2.27. The maximum absolute atomic E-state index is 13.3. The van der Waals surface area contributed by atoms with Crippen molar-refractivity contribution in [1.29, 1.82) is 0 Å². The molecule has 1 amide bonds. The molecule has 1 fully saturated rings. The van der Waals surface area contributed by atoms with Gasteiger partial charge in [0.2, 0.25) is 20.7 Å². The minimum absolute atomic E-state index is 0.0252. The number of ether oxygens (including phenoxy) is 2. The summed E-state index contributed by atoms with van der Waals surface area (Å²) < 4.78 is 42.4. The van der Waals surface area contributed by atoms with Crippen LogP contribution in [-0.4, -0.2) is 38.2 Å². The summed E-state index contributed by atoms with van der Waals surface area (Å²) in [5.74, 6) is -0.214. The highest BCUT2D eigenvalue weighted by atomic mass is 32.2. The Morgan fingerprint density at radius 2 is 2.12 bits per heavy atom. The van der Waals surface area contributed by atoms with Gasteiger partial charge in [-0.25, -0.2) is 8.42 Å². The lowest BCUT2D eigenvalue weighted by molar-refractivity contribution is -0.111. The minimum Gasteiger partial charge on any atom is -0.496 e. The van der Waals surface area contributed by atoms with Gasteiger partial charge in [-0.15, -0.1) is 0 Å². The number of benzene rings is 2. The van der Waals surface area contributed by atoms with Crippen molar-refractivity contribution in [1.82, 2.24) is 5.16 Å². The smallest absolute Gasteiger partial charge is 0.295 e. The number of allylic oxidation sites excluding steroid dienone is 1. The Morgan fingerprint density at radius 1 is 1.31 bits per heavy atom. The van der Waals surface area contributed by atoms with E-state index in [4.69, 9.17) is 14.0 Å². The summed E-state index contributed by atoms with van der Waals surface area (Å²) in [6, 6.07) is 9.91. The predicted octanol–water partition coefficient (Wildman–Crippen LogP) is 2.99. The zero-order valence-corrected chi connectivity index (χ0v) is 17.9. The van der Waals surface area contributed by atoms with Crippen LogP contribution in [0.4, 0.5) is 11.5 Å². The summed E-state index contributed by atoms with van der Waals surface area (Å²) >= 11 is 0. The predicted molar refractivity (Wildman–Crippen MR) is 116 cm³/mol. The number of nitrogens with zero attached hydrogens (tertiary/aromatic N) is 3. The standard InChI is InChI=1S/C21H18N4O6S/c1-3-9-25-13-10-12(16-11-30-16)7-8-17(13)32(27,28)20(21(25)26)23-22-19-18-14(29-2)5-4-6-15(18)31-24-19/h3-10,16H,11H2,1-2H3,(H,22,24)/b9-3+,23-20?. The zero-order chi connectivity index (χ0) is 22.5. The van der Waals surface area contributed by atoms with E-state index in [1.807, 2.05) is 0 Å². The largest absolute Gasteiger partial charge is 0.496 e. The van der Waals surface area contributed by atoms with Crippen LogP contribution in [0.3, 0.4) is 0 Å². The second kappa shape index (κ2) is 7.46. The van der Waals surface area contributed by atoms with Crippen molar-refractivity contribution in [2.24, 2.45) is 5.10 Å². The lowest BCUT2D eigenvalue weighted by Crippen LogP contribution is -2.42. The normalized spacial score (nSPS) is 20.7. The van der Waals surface area contributed by atoms with Crippen LogP contribution in [0, 0.1) is 0 Å². The van der Waals surface area contributed by atoms with Gasteiger partial charge in [0.15, 0.2) is 5.58 Å². The van der Waals surface area contributed by atoms with E-state index in [9.17, 15) is 13.2 Å². The van der Waals surface area contributed by atoms with Crippen molar-refractivity contribution < 1.29 is 27.2 Å². The quantitative estimate of drug-likeness (QED) is 0.460. The molecule has 32 heavy (non-hydrogen) atoms. The molecular weight excluding hydrogens is 436 g/mol. The van der Waals surface area contributed by atoms with Gasteiger partial charge < -0.3 is 14.0 Å². The van der Waals surface area contributed by atoms with Gasteiger partial charge in [0, 0.05) is 6.20 Å². The first kappa shape index (κ1) is 20.2. The summed E-state index contributed by atoms with van der Waals surface area (Å²) in [5, 5.41) is 7.62. The highest BCUT2D eigenvalue weighted by Gasteiger charge is 2.42. The van der Waals surface area contributed by atoms with Crippen LogP contribution in [0.1, 0.15) is 18.6 Å². The SMILES string of the molecule is C/C=C/N1C(=O)C(=NNc2noc3cccc(OC)c23)S(=O)(=O)c2ccc(C3CO3)cc21. The van der Waals surface area contributed by atoms with Gasteiger partial charge in [-0.1, -0.05) is 23.4 Å². The minimum atomic E-state index is -4.20. The van der Waals surface area contributed by atoms with Gasteiger partial charge in [-0.2, -0.15) is 5.10 Å². The fourth-order valence-electron chi connectivity index (χ4n) is 3.54. The van der Waals surface area contributed by atoms with Gasteiger partial charge in [-0.05, 0) is 36.8 Å². The van der Waals surface area contributed by atoms with Crippen LogP contribution >= 0.6 is 0 Å². The molecule has 5 rings (SSSR count). The Balaban J connectivity index is 1.60. The first-order valence-electron chi connectivity index (χ1n) is 9.69. The van der Waals surface area contributed by atoms with Crippen LogP contribution in [0.25, 0.3) is 11.0 Å². The summed E-state index contributed by atoms with van der Waals surface area (Å²) in [6.07, 6.45) is 3.05. The van der Waals surface area contributed by atoms with Crippen molar-refractivity contribution in [3.8, 4) is 5.75 Å². The van der Waals surface area contributed by atoms with Gasteiger partial charge in [0.25, 0.3) is 5.91 Å². The number of anilines is 2. The average Bonchev–Trinajstić information content (AvgIpc) is 3.56. The van der Waals surface area contributed by atoms with Crippen LogP contribution in [0.5, 0.6) is 5.75 Å². The second-order valence-electron chi connectivity index (χ2n) is 7.10. The molecule has 1 N–H and O–H groups in total. The average molecular weight is 454 g/mol. The van der Waals surface area contributed by atoms with E-state index >= 15 is 0 Å². The number of carbonyl (C=O) groups excluding carboxylic acids is 1. The third-order valence-electron chi connectivity index (χ3n) is 5.13. The molecule has 10 nitrogen and oxygen atoms in total. The highest BCUT2D eigenvalue weighted by Crippen LogP contribution is 2.39. The van der Waals surface area contributed by atoms with Crippen molar-refractivity contribution in [2.75, 3.05) is 24.0 Å². The van der Waals surface area contributed by atoms with Gasteiger partial charge in [0.05, 0.1) is 24.3 Å². The first-order chi connectivity index (χ1) is 15.5. The molecule has 0 aliphatic carbocycles. The Hall–Kier alpha value is -3.70. The van der Waals surface area contributed by atoms with Crippen LogP contribution in [0.2, 0.25) is 0 Å². The summed E-state index contributed by atoms with van der Waals surface area (Å²) in [6.45, 7) is 2.29. The second-order valence-corrected chi connectivity index (χ2v) is 8.94. The molecule has 3 aromatic rings. The van der Waals surface area contributed by atoms with Crippen molar-refractivity contribution in [2.45, 2.75) is 17.9 Å². The van der Waals surface area contributed by atoms with E-state index in [0.29, 0.717) is 23.3 Å². The Morgan fingerprint density at radius 3 is 2.84 bits per heavy atom. The van der Waals surface area contributed by atoms with E-state index in [0.717, 1.165) is 5.56 Å². The zero-order valence-electron chi connectivity index (χ0n) is 17.1. The van der Waals surface area contributed by atoms with Gasteiger partial charge in [-0.3, -0.25) is 15.1 Å². The molecule has 11 heteroatoms. The molecule has 0 radical (unpaired) electrons. The number of methoxy groups -OCH3 is 1. The molecule has 1 atom stereocenters. The number of epoxide rings is 1. The van der Waals surface area contributed by atoms with Crippen LogP contribution < -0.4 is 15.1 Å². The van der Waals surface area contributed by atoms with E-state index in [1.165, 1.54) is 24.3 Å². The molecule has 1 aromatic heterocycles. The maximum Gasteiger partial charge on any atom is 0.295 e. The number of rotatable bonds is 5. The molecule has 164 valence electrons. The number of hydrogen-bond donors (Lipinski definition) is 1. The Labute approximate surface area is 183 Å². The first-order valence-corrected chi connectivity index (χ1v) is 11.2.